The molecular weight excluding hydrogens is 358 g/mol. The summed E-state index contributed by atoms with van der Waals surface area (Å²) in [6, 6.07) is 11.6. The highest BCUT2D eigenvalue weighted by Gasteiger charge is 2.18. The summed E-state index contributed by atoms with van der Waals surface area (Å²) in [7, 11) is 1.30. The summed E-state index contributed by atoms with van der Waals surface area (Å²) in [6.07, 6.45) is 0. The fourth-order valence-electron chi connectivity index (χ4n) is 1.67. The molecule has 0 radical (unpaired) electrons. The fraction of sp³-hybridized carbons (Fsp3) is 0.0714. The molecule has 0 aliphatic rings. The maximum Gasteiger partial charge on any atom is 0.339 e. The normalized spacial score (nSPS) is 10.2. The topological polar surface area (TPSA) is 69.4 Å². The standard InChI is InChI=1S/C14H10BrNO4S/c1-20-14(17)10-4-2-3-5-12(10)21-13-7-6-9(15)8-11(13)16(18)19/h2-8H,1H3. The number of benzene rings is 2. The molecule has 2 rings (SSSR count). The van der Waals surface area contributed by atoms with Gasteiger partial charge in [-0.1, -0.05) is 39.8 Å². The van der Waals surface area contributed by atoms with Crippen LogP contribution in [0.25, 0.3) is 0 Å². The maximum atomic E-state index is 11.7. The molecule has 0 heterocycles. The zero-order valence-corrected chi connectivity index (χ0v) is 13.3. The number of nitrogens with zero attached hydrogens (tertiary/aromatic N) is 1. The molecule has 0 aromatic heterocycles. The molecule has 0 unspecified atom stereocenters. The third-order valence-corrected chi connectivity index (χ3v) is 4.26. The van der Waals surface area contributed by atoms with Crippen LogP contribution in [0, 0.1) is 10.1 Å². The Balaban J connectivity index is 2.44. The maximum absolute atomic E-state index is 11.7. The van der Waals surface area contributed by atoms with E-state index in [9.17, 15) is 14.9 Å². The Morgan fingerprint density at radius 1 is 1.24 bits per heavy atom. The molecule has 2 aromatic rings. The minimum atomic E-state index is -0.474. The van der Waals surface area contributed by atoms with Gasteiger partial charge in [-0.05, 0) is 24.3 Å². The van der Waals surface area contributed by atoms with Crippen molar-refractivity contribution in [3.8, 4) is 0 Å². The van der Waals surface area contributed by atoms with Crippen LogP contribution in [-0.2, 0) is 4.74 Å². The van der Waals surface area contributed by atoms with Gasteiger partial charge in [0.05, 0.1) is 22.5 Å². The Kier molecular flexibility index (Phi) is 4.98. The van der Waals surface area contributed by atoms with E-state index in [0.29, 0.717) is 19.8 Å². The Morgan fingerprint density at radius 2 is 1.95 bits per heavy atom. The van der Waals surface area contributed by atoms with Crippen molar-refractivity contribution in [3.63, 3.8) is 0 Å². The van der Waals surface area contributed by atoms with Crippen molar-refractivity contribution in [3.05, 3.63) is 62.6 Å². The molecule has 0 aliphatic carbocycles. The first-order chi connectivity index (χ1) is 10.0. The average molecular weight is 368 g/mol. The molecule has 0 spiro atoms. The highest BCUT2D eigenvalue weighted by atomic mass is 79.9. The largest absolute Gasteiger partial charge is 0.465 e. The average Bonchev–Trinajstić information content (AvgIpc) is 2.48. The minimum absolute atomic E-state index is 0.0194. The Morgan fingerprint density at radius 3 is 2.62 bits per heavy atom. The molecule has 0 bridgehead atoms. The third-order valence-electron chi connectivity index (χ3n) is 2.63. The van der Waals surface area contributed by atoms with E-state index in [2.05, 4.69) is 15.9 Å². The highest BCUT2D eigenvalue weighted by Crippen LogP contribution is 2.37. The molecule has 108 valence electrons. The number of esters is 1. The fourth-order valence-corrected chi connectivity index (χ4v) is 3.04. The van der Waals surface area contributed by atoms with Crippen LogP contribution in [0.5, 0.6) is 0 Å². The summed E-state index contributed by atoms with van der Waals surface area (Å²) in [5.41, 5.74) is 0.358. The highest BCUT2D eigenvalue weighted by molar-refractivity contribution is 9.10. The van der Waals surface area contributed by atoms with Gasteiger partial charge < -0.3 is 4.74 Å². The van der Waals surface area contributed by atoms with Crippen LogP contribution < -0.4 is 0 Å². The van der Waals surface area contributed by atoms with Gasteiger partial charge in [-0.15, -0.1) is 0 Å². The lowest BCUT2D eigenvalue weighted by Gasteiger charge is -2.08. The molecular formula is C14H10BrNO4S. The van der Waals surface area contributed by atoms with E-state index in [1.807, 2.05) is 0 Å². The van der Waals surface area contributed by atoms with Crippen LogP contribution in [0.1, 0.15) is 10.4 Å². The summed E-state index contributed by atoms with van der Waals surface area (Å²) in [6.45, 7) is 0. The molecule has 0 fully saturated rings. The van der Waals surface area contributed by atoms with Gasteiger partial charge in [0.1, 0.15) is 0 Å². The van der Waals surface area contributed by atoms with Crippen molar-refractivity contribution in [2.24, 2.45) is 0 Å². The molecule has 0 atom stereocenters. The monoisotopic (exact) mass is 367 g/mol. The van der Waals surface area contributed by atoms with Crippen molar-refractivity contribution in [1.29, 1.82) is 0 Å². The number of nitro groups is 1. The van der Waals surface area contributed by atoms with Crippen molar-refractivity contribution in [2.45, 2.75) is 9.79 Å². The SMILES string of the molecule is COC(=O)c1ccccc1Sc1ccc(Br)cc1[N+](=O)[O-]. The zero-order chi connectivity index (χ0) is 15.4. The molecule has 2 aromatic carbocycles. The number of carbonyl (C=O) groups is 1. The van der Waals surface area contributed by atoms with E-state index in [0.717, 1.165) is 11.8 Å². The number of ether oxygens (including phenoxy) is 1. The molecule has 0 N–H and O–H groups in total. The van der Waals surface area contributed by atoms with Gasteiger partial charge in [0.15, 0.2) is 0 Å². The Labute approximate surface area is 133 Å². The summed E-state index contributed by atoms with van der Waals surface area (Å²) < 4.78 is 5.34. The lowest BCUT2D eigenvalue weighted by Crippen LogP contribution is -2.02. The quantitative estimate of drug-likeness (QED) is 0.457. The van der Waals surface area contributed by atoms with E-state index in [1.54, 1.807) is 36.4 Å². The minimum Gasteiger partial charge on any atom is -0.465 e. The predicted octanol–water partition coefficient (Wildman–Crippen LogP) is 4.30. The lowest BCUT2D eigenvalue weighted by atomic mass is 10.2. The van der Waals surface area contributed by atoms with Crippen LogP contribution >= 0.6 is 27.7 Å². The van der Waals surface area contributed by atoms with Gasteiger partial charge in [0, 0.05) is 15.4 Å². The summed E-state index contributed by atoms with van der Waals surface area (Å²) in [5, 5.41) is 11.1. The summed E-state index contributed by atoms with van der Waals surface area (Å²) in [4.78, 5) is 23.5. The molecule has 21 heavy (non-hydrogen) atoms. The van der Waals surface area contributed by atoms with Crippen LogP contribution in [0.4, 0.5) is 5.69 Å². The van der Waals surface area contributed by atoms with Gasteiger partial charge in [-0.3, -0.25) is 10.1 Å². The molecule has 0 amide bonds. The number of halogens is 1. The van der Waals surface area contributed by atoms with Gasteiger partial charge in [0.2, 0.25) is 0 Å². The summed E-state index contributed by atoms with van der Waals surface area (Å²) >= 11 is 4.37. The second kappa shape index (κ2) is 6.73. The van der Waals surface area contributed by atoms with Crippen molar-refractivity contribution in [1.82, 2.24) is 0 Å². The second-order valence-corrected chi connectivity index (χ2v) is 5.96. The van der Waals surface area contributed by atoms with Crippen molar-refractivity contribution >= 4 is 39.3 Å². The van der Waals surface area contributed by atoms with Crippen LogP contribution in [-0.4, -0.2) is 18.0 Å². The number of nitro benzene ring substituents is 1. The first-order valence-electron chi connectivity index (χ1n) is 5.82. The predicted molar refractivity (Wildman–Crippen MR) is 82.7 cm³/mol. The second-order valence-electron chi connectivity index (χ2n) is 3.96. The molecule has 0 aliphatic heterocycles. The van der Waals surface area contributed by atoms with Crippen LogP contribution in [0.15, 0.2) is 56.7 Å². The van der Waals surface area contributed by atoms with Gasteiger partial charge in [-0.2, -0.15) is 0 Å². The van der Waals surface area contributed by atoms with E-state index in [4.69, 9.17) is 4.74 Å². The van der Waals surface area contributed by atoms with Gasteiger partial charge in [-0.25, -0.2) is 4.79 Å². The molecule has 7 heteroatoms. The lowest BCUT2D eigenvalue weighted by molar-refractivity contribution is -0.387. The summed E-state index contributed by atoms with van der Waals surface area (Å²) in [5.74, 6) is -0.474. The van der Waals surface area contributed by atoms with E-state index in [1.165, 1.54) is 13.2 Å². The van der Waals surface area contributed by atoms with E-state index < -0.39 is 10.9 Å². The van der Waals surface area contributed by atoms with Crippen LogP contribution in [0.2, 0.25) is 0 Å². The first kappa shape index (κ1) is 15.5. The van der Waals surface area contributed by atoms with Gasteiger partial charge in [0.25, 0.3) is 5.69 Å². The number of hydrogen-bond acceptors (Lipinski definition) is 5. The van der Waals surface area contributed by atoms with E-state index >= 15 is 0 Å². The van der Waals surface area contributed by atoms with E-state index in [-0.39, 0.29) is 5.69 Å². The Bertz CT molecular complexity index is 705. The third kappa shape index (κ3) is 3.62. The number of methoxy groups -OCH3 is 1. The first-order valence-corrected chi connectivity index (χ1v) is 7.43. The molecule has 0 saturated heterocycles. The number of carbonyl (C=O) groups excluding carboxylic acids is 1. The number of hydrogen-bond donors (Lipinski definition) is 0. The van der Waals surface area contributed by atoms with Crippen LogP contribution in [0.3, 0.4) is 0 Å². The number of rotatable bonds is 4. The van der Waals surface area contributed by atoms with Gasteiger partial charge >= 0.3 is 5.97 Å². The smallest absolute Gasteiger partial charge is 0.339 e. The Hall–Kier alpha value is -1.86. The van der Waals surface area contributed by atoms with Crippen molar-refractivity contribution in [2.75, 3.05) is 7.11 Å². The molecule has 0 saturated carbocycles. The zero-order valence-electron chi connectivity index (χ0n) is 10.9. The van der Waals surface area contributed by atoms with Crippen molar-refractivity contribution < 1.29 is 14.5 Å². The molecule has 5 nitrogen and oxygen atoms in total.